The number of aromatic nitrogens is 1. The van der Waals surface area contributed by atoms with Gasteiger partial charge in [-0.05, 0) is 43.3 Å². The number of carbonyl (C=O) groups is 4. The number of carboxylic acid groups (broad SMARTS) is 1. The summed E-state index contributed by atoms with van der Waals surface area (Å²) >= 11 is 1.24. The fourth-order valence-corrected chi connectivity index (χ4v) is 4.30. The molecule has 3 aromatic rings. The molecular weight excluding hydrogens is 434 g/mol. The fourth-order valence-electron chi connectivity index (χ4n) is 3.24. The quantitative estimate of drug-likeness (QED) is 0.546. The number of nitrogens with zero attached hydrogens (tertiary/aromatic N) is 2. The predicted molar refractivity (Wildman–Crippen MR) is 116 cm³/mol. The van der Waals surface area contributed by atoms with Crippen LogP contribution in [0.1, 0.15) is 32.9 Å². The number of imide groups is 1. The summed E-state index contributed by atoms with van der Waals surface area (Å²) in [6.07, 6.45) is 0.0415. The van der Waals surface area contributed by atoms with E-state index >= 15 is 0 Å². The molecule has 1 unspecified atom stereocenters. The van der Waals surface area contributed by atoms with Gasteiger partial charge in [0.2, 0.25) is 11.8 Å². The standard InChI is InChI=1S/C22H17N3O6S/c1-12-10-18(24-31-12)25-19(26)11-17(21(25)28)32-14-8-6-13(7-9-14)23-20(27)15-4-2-3-5-16(15)22(29)30/h2-10,17H,11H2,1H3,(H,23,27)(H,29,30). The molecule has 1 aliphatic heterocycles. The van der Waals surface area contributed by atoms with Crippen LogP contribution in [0.4, 0.5) is 11.5 Å². The van der Waals surface area contributed by atoms with Crippen molar-refractivity contribution in [2.75, 3.05) is 10.2 Å². The average Bonchev–Trinajstić information content (AvgIpc) is 3.31. The molecule has 1 aliphatic rings. The molecule has 0 bridgehead atoms. The van der Waals surface area contributed by atoms with Gasteiger partial charge in [-0.25, -0.2) is 9.69 Å². The number of rotatable bonds is 6. The molecule has 0 saturated carbocycles. The van der Waals surface area contributed by atoms with Crippen molar-refractivity contribution in [3.05, 3.63) is 71.5 Å². The fraction of sp³-hybridized carbons (Fsp3) is 0.136. The van der Waals surface area contributed by atoms with Crippen molar-refractivity contribution in [2.45, 2.75) is 23.5 Å². The van der Waals surface area contributed by atoms with Crippen LogP contribution >= 0.6 is 11.8 Å². The molecule has 1 saturated heterocycles. The van der Waals surface area contributed by atoms with Crippen molar-refractivity contribution in [1.29, 1.82) is 0 Å². The van der Waals surface area contributed by atoms with Crippen molar-refractivity contribution < 1.29 is 28.8 Å². The molecule has 10 heteroatoms. The first-order valence-electron chi connectivity index (χ1n) is 9.54. The molecule has 32 heavy (non-hydrogen) atoms. The zero-order valence-electron chi connectivity index (χ0n) is 16.8. The molecule has 2 heterocycles. The molecule has 0 radical (unpaired) electrons. The van der Waals surface area contributed by atoms with Crippen LogP contribution in [0.3, 0.4) is 0 Å². The number of nitrogens with one attached hydrogen (secondary N) is 1. The van der Waals surface area contributed by atoms with Crippen LogP contribution in [0.5, 0.6) is 0 Å². The number of hydrogen-bond acceptors (Lipinski definition) is 7. The van der Waals surface area contributed by atoms with Gasteiger partial charge in [-0.15, -0.1) is 11.8 Å². The molecule has 3 amide bonds. The highest BCUT2D eigenvalue weighted by atomic mass is 32.2. The molecule has 9 nitrogen and oxygen atoms in total. The highest BCUT2D eigenvalue weighted by Crippen LogP contribution is 2.34. The SMILES string of the molecule is Cc1cc(N2C(=O)CC(Sc3ccc(NC(=O)c4ccccc4C(=O)O)cc3)C2=O)no1. The second-order valence-electron chi connectivity index (χ2n) is 7.00. The summed E-state index contributed by atoms with van der Waals surface area (Å²) in [5, 5.41) is 15.0. The number of anilines is 2. The Morgan fingerprint density at radius 1 is 1.12 bits per heavy atom. The number of thioether (sulfide) groups is 1. The Labute approximate surface area is 186 Å². The van der Waals surface area contributed by atoms with Crippen molar-refractivity contribution in [3.63, 3.8) is 0 Å². The summed E-state index contributed by atoms with van der Waals surface area (Å²) in [7, 11) is 0. The number of carboxylic acids is 1. The van der Waals surface area contributed by atoms with E-state index in [1.807, 2.05) is 0 Å². The van der Waals surface area contributed by atoms with Crippen LogP contribution in [-0.2, 0) is 9.59 Å². The lowest BCUT2D eigenvalue weighted by Gasteiger charge is -2.11. The summed E-state index contributed by atoms with van der Waals surface area (Å²) < 4.78 is 4.95. The predicted octanol–water partition coefficient (Wildman–Crippen LogP) is 3.36. The van der Waals surface area contributed by atoms with E-state index in [1.54, 1.807) is 43.3 Å². The molecular formula is C22H17N3O6S. The lowest BCUT2D eigenvalue weighted by atomic mass is 10.1. The molecule has 4 rings (SSSR count). The van der Waals surface area contributed by atoms with Crippen LogP contribution < -0.4 is 10.2 Å². The van der Waals surface area contributed by atoms with Gasteiger partial charge < -0.3 is 14.9 Å². The van der Waals surface area contributed by atoms with Crippen LogP contribution in [0.2, 0.25) is 0 Å². The molecule has 1 aromatic heterocycles. The molecule has 1 fully saturated rings. The smallest absolute Gasteiger partial charge is 0.336 e. The van der Waals surface area contributed by atoms with Gasteiger partial charge in [0, 0.05) is 23.1 Å². The summed E-state index contributed by atoms with van der Waals surface area (Å²) in [6.45, 7) is 1.67. The van der Waals surface area contributed by atoms with Gasteiger partial charge in [-0.1, -0.05) is 17.3 Å². The number of hydrogen-bond donors (Lipinski definition) is 2. The summed E-state index contributed by atoms with van der Waals surface area (Å²) in [5.41, 5.74) is 0.429. The van der Waals surface area contributed by atoms with Gasteiger partial charge >= 0.3 is 5.97 Å². The van der Waals surface area contributed by atoms with E-state index in [-0.39, 0.29) is 35.2 Å². The van der Waals surface area contributed by atoms with Gasteiger partial charge in [0.15, 0.2) is 5.82 Å². The van der Waals surface area contributed by atoms with Gasteiger partial charge in [0.25, 0.3) is 5.91 Å². The van der Waals surface area contributed by atoms with E-state index < -0.39 is 17.1 Å². The van der Waals surface area contributed by atoms with E-state index in [0.29, 0.717) is 11.4 Å². The van der Waals surface area contributed by atoms with Crippen LogP contribution in [0, 0.1) is 6.92 Å². The Balaban J connectivity index is 1.42. The second kappa shape index (κ2) is 8.67. The van der Waals surface area contributed by atoms with E-state index in [1.165, 1.54) is 30.0 Å². The lowest BCUT2D eigenvalue weighted by molar-refractivity contribution is -0.121. The molecule has 0 spiro atoms. The van der Waals surface area contributed by atoms with Crippen LogP contribution in [-0.4, -0.2) is 39.2 Å². The van der Waals surface area contributed by atoms with Crippen molar-refractivity contribution in [1.82, 2.24) is 5.16 Å². The third kappa shape index (κ3) is 4.26. The minimum absolute atomic E-state index is 0.0415. The maximum absolute atomic E-state index is 12.7. The molecule has 1 atom stereocenters. The Morgan fingerprint density at radius 2 is 1.81 bits per heavy atom. The summed E-state index contributed by atoms with van der Waals surface area (Å²) in [6, 6.07) is 14.2. The molecule has 2 aromatic carbocycles. The Bertz CT molecular complexity index is 1220. The van der Waals surface area contributed by atoms with E-state index in [2.05, 4.69) is 10.5 Å². The summed E-state index contributed by atoms with van der Waals surface area (Å²) in [5.74, 6) is -1.76. The number of carbonyl (C=O) groups excluding carboxylic acids is 3. The number of aryl methyl sites for hydroxylation is 1. The second-order valence-corrected chi connectivity index (χ2v) is 8.28. The first-order valence-corrected chi connectivity index (χ1v) is 10.4. The number of aromatic carboxylic acids is 1. The van der Waals surface area contributed by atoms with Crippen LogP contribution in [0.25, 0.3) is 0 Å². The van der Waals surface area contributed by atoms with Gasteiger partial charge in [-0.2, -0.15) is 0 Å². The average molecular weight is 451 g/mol. The van der Waals surface area contributed by atoms with Crippen molar-refractivity contribution >= 4 is 47.0 Å². The third-order valence-electron chi connectivity index (χ3n) is 4.74. The highest BCUT2D eigenvalue weighted by Gasteiger charge is 2.41. The van der Waals surface area contributed by atoms with E-state index in [0.717, 1.165) is 9.80 Å². The zero-order chi connectivity index (χ0) is 22.8. The highest BCUT2D eigenvalue weighted by molar-refractivity contribution is 8.00. The van der Waals surface area contributed by atoms with Crippen molar-refractivity contribution in [3.8, 4) is 0 Å². The molecule has 0 aliphatic carbocycles. The largest absolute Gasteiger partial charge is 0.478 e. The first-order chi connectivity index (χ1) is 15.3. The number of amides is 3. The van der Waals surface area contributed by atoms with Crippen LogP contribution in [0.15, 0.2) is 64.0 Å². The van der Waals surface area contributed by atoms with E-state index in [9.17, 15) is 24.3 Å². The first kappa shape index (κ1) is 21.3. The maximum atomic E-state index is 12.7. The minimum Gasteiger partial charge on any atom is -0.478 e. The Kier molecular flexibility index (Phi) is 5.78. The molecule has 162 valence electrons. The normalized spacial score (nSPS) is 15.8. The Morgan fingerprint density at radius 3 is 2.44 bits per heavy atom. The number of benzene rings is 2. The minimum atomic E-state index is -1.19. The Hall–Kier alpha value is -3.92. The summed E-state index contributed by atoms with van der Waals surface area (Å²) in [4.78, 5) is 50.5. The monoisotopic (exact) mass is 451 g/mol. The molecule has 2 N–H and O–H groups in total. The van der Waals surface area contributed by atoms with Gasteiger partial charge in [0.1, 0.15) is 5.76 Å². The van der Waals surface area contributed by atoms with Crippen molar-refractivity contribution in [2.24, 2.45) is 0 Å². The lowest BCUT2D eigenvalue weighted by Crippen LogP contribution is -2.31. The topological polar surface area (TPSA) is 130 Å². The van der Waals surface area contributed by atoms with E-state index in [4.69, 9.17) is 4.52 Å². The maximum Gasteiger partial charge on any atom is 0.336 e. The zero-order valence-corrected chi connectivity index (χ0v) is 17.6. The van der Waals surface area contributed by atoms with Gasteiger partial charge in [-0.3, -0.25) is 14.4 Å². The third-order valence-corrected chi connectivity index (χ3v) is 5.94. The van der Waals surface area contributed by atoms with Gasteiger partial charge in [0.05, 0.1) is 16.4 Å².